The third kappa shape index (κ3) is 59.6. The number of carbonyl (C=O) groups excluding carboxylic acids is 15. The molecule has 5 N–H and O–H groups in total. The van der Waals surface area contributed by atoms with E-state index < -0.39 is 65.1 Å². The van der Waals surface area contributed by atoms with E-state index in [0.29, 0.717) is 12.0 Å². The first-order valence-corrected chi connectivity index (χ1v) is 39.7. The first-order valence-electron chi connectivity index (χ1n) is 39.7. The Hall–Kier alpha value is -10.0. The van der Waals surface area contributed by atoms with Gasteiger partial charge in [0.25, 0.3) is 5.91 Å². The van der Waals surface area contributed by atoms with Crippen molar-refractivity contribution in [2.75, 3.05) is 33.0 Å². The van der Waals surface area contributed by atoms with Crippen molar-refractivity contribution >= 4 is 89.2 Å². The summed E-state index contributed by atoms with van der Waals surface area (Å²) in [6.07, 6.45) is 14.6. The largest absolute Gasteiger partial charge is 0.460 e. The van der Waals surface area contributed by atoms with Gasteiger partial charge in [-0.1, -0.05) is 148 Å². The Bertz CT molecular complexity index is 3330. The molecule has 0 saturated heterocycles. The average molecular weight is 1640 g/mol. The highest BCUT2D eigenvalue weighted by molar-refractivity contribution is 5.96. The van der Waals surface area contributed by atoms with Crippen molar-refractivity contribution in [3.05, 3.63) is 96.7 Å². The molecule has 5 atom stereocenters. The van der Waals surface area contributed by atoms with Gasteiger partial charge >= 0.3 is 59.7 Å². The number of benzene rings is 1. The summed E-state index contributed by atoms with van der Waals surface area (Å²) in [5.74, 6) is -6.23. The molecule has 1 aromatic rings. The fourth-order valence-corrected chi connectivity index (χ4v) is 8.69. The van der Waals surface area contributed by atoms with E-state index in [4.69, 9.17) is 47.4 Å². The van der Waals surface area contributed by atoms with Gasteiger partial charge in [-0.15, -0.1) is 0 Å². The highest BCUT2D eigenvalue weighted by Gasteiger charge is 2.29. The lowest BCUT2D eigenvalue weighted by molar-refractivity contribution is -0.143. The van der Waals surface area contributed by atoms with Crippen molar-refractivity contribution < 1.29 is 119 Å². The Balaban J connectivity index is -0.00000138. The van der Waals surface area contributed by atoms with Crippen LogP contribution in [0, 0.1) is 46.8 Å². The minimum Gasteiger partial charge on any atom is -0.460 e. The molecule has 0 bridgehead atoms. The molecule has 30 heteroatoms. The Labute approximate surface area is 688 Å². The Morgan fingerprint density at radius 3 is 0.862 bits per heavy atom. The third-order valence-electron chi connectivity index (χ3n) is 15.8. The van der Waals surface area contributed by atoms with Crippen LogP contribution in [0.25, 0.3) is 0 Å². The summed E-state index contributed by atoms with van der Waals surface area (Å²) in [7, 11) is 0. The van der Waals surface area contributed by atoms with Gasteiger partial charge in [0.1, 0.15) is 33.0 Å². The van der Waals surface area contributed by atoms with Crippen molar-refractivity contribution in [2.45, 2.75) is 279 Å². The molecule has 1 aromatic carbocycles. The Kier molecular flexibility index (Phi) is 58.3. The quantitative estimate of drug-likeness (QED) is 0.0232. The van der Waals surface area contributed by atoms with Gasteiger partial charge < -0.3 is 74.0 Å². The summed E-state index contributed by atoms with van der Waals surface area (Å²) in [6, 6.07) is 7.41. The van der Waals surface area contributed by atoms with Crippen LogP contribution in [0.3, 0.4) is 0 Å². The Morgan fingerprint density at radius 1 is 0.345 bits per heavy atom. The van der Waals surface area contributed by atoms with Crippen LogP contribution in [0.2, 0.25) is 0 Å². The number of nitrogens with one attached hydrogen (secondary N) is 5. The number of hydrogen-bond acceptors (Lipinski definition) is 25. The number of carbonyl (C=O) groups is 15. The molecule has 0 spiro atoms. The summed E-state index contributed by atoms with van der Waals surface area (Å²) in [5.41, 5.74) is 0.0216. The van der Waals surface area contributed by atoms with E-state index in [2.05, 4.69) is 26.6 Å². The molecule has 5 amide bonds. The molecule has 30 nitrogen and oxygen atoms in total. The van der Waals surface area contributed by atoms with Gasteiger partial charge in [0, 0.05) is 90.0 Å². The second kappa shape index (κ2) is 61.4. The van der Waals surface area contributed by atoms with E-state index in [1.807, 2.05) is 96.1 Å². The van der Waals surface area contributed by atoms with Crippen molar-refractivity contribution in [3.8, 4) is 0 Å². The van der Waals surface area contributed by atoms with Crippen molar-refractivity contribution in [3.63, 3.8) is 0 Å². The molecule has 1 aliphatic carbocycles. The second-order valence-electron chi connectivity index (χ2n) is 31.5. The zero-order valence-electron chi connectivity index (χ0n) is 73.5. The molecule has 1 fully saturated rings. The maximum atomic E-state index is 12.3. The summed E-state index contributed by atoms with van der Waals surface area (Å²) in [5, 5.41) is 14.3. The summed E-state index contributed by atoms with van der Waals surface area (Å²) >= 11 is 0. The van der Waals surface area contributed by atoms with Gasteiger partial charge in [0.05, 0.1) is 60.7 Å². The smallest absolute Gasteiger partial charge is 0.331 e. The van der Waals surface area contributed by atoms with Crippen LogP contribution >= 0.6 is 0 Å². The SMILES string of the molecule is CC(C)OC(=O)/C=C/C(=O)OC[C@H](NC(=O)C(C)(C)C)C(C)C.CC(C)OC(=O)/C=C/C(=O)OC[C@H](NC(=O)C(C)C)C(C)C.CC(C)OC(=O)/C=C/C(=O)OC[C@H](NC(=O)C1CCCCC1)C(C)C.CC(C)OC(=O)/C=C/C(=O)OC[C@H](NC(=O)c1ccccc1)C(C)C.CCC(=O)N[C@@H](COC(=O)/C=C/C(=O)OC(C)C)C(C)C. The molecule has 2 rings (SSSR count). The fraction of sp³-hybridized carbons (Fsp3) is 0.640. The van der Waals surface area contributed by atoms with E-state index in [9.17, 15) is 71.9 Å². The van der Waals surface area contributed by atoms with Gasteiger partial charge in [-0.2, -0.15) is 0 Å². The highest BCUT2D eigenvalue weighted by Crippen LogP contribution is 2.24. The molecular weight excluding hydrogens is 1500 g/mol. The molecule has 116 heavy (non-hydrogen) atoms. The summed E-state index contributed by atoms with van der Waals surface area (Å²) in [4.78, 5) is 174. The molecule has 0 aromatic heterocycles. The van der Waals surface area contributed by atoms with Crippen LogP contribution in [0.4, 0.5) is 0 Å². The summed E-state index contributed by atoms with van der Waals surface area (Å²) < 4.78 is 49.8. The van der Waals surface area contributed by atoms with Crippen molar-refractivity contribution in [1.29, 1.82) is 0 Å². The number of ether oxygens (including phenoxy) is 10. The summed E-state index contributed by atoms with van der Waals surface area (Å²) in [6.45, 7) is 47.5. The monoisotopic (exact) mass is 1640 g/mol. The standard InChI is InChI=1S/C19H31NO5.C19H25NO5.C17H29NO5.C16H27NO5.C15H25NO5/c2*1-13(2)16(20-19(23)15-8-6-5-7-9-15)12-24-17(21)10-11-18(22)25-14(3)4;1-11(2)13(18-16(21)17(5,6)7)10-22-14(19)8-9-15(20)23-12(3)4;1-10(2)13(17-16(20)11(3)4)9-21-14(18)7-8-15(19)22-12(5)6;1-6-13(17)16-12(10(2)3)9-20-14(18)7-8-15(19)21-11(4)5/h10-11,13-16H,5-9,12H2,1-4H3,(H,20,23);5-11,13-14,16H,12H2,1-4H3,(H,20,23);8-9,11-13H,10H2,1-7H3,(H,18,21);7-8,10-13H,9H2,1-6H3,(H,17,20);7-8,10-12H,6,9H2,1-5H3,(H,16,17)/b2*11-10+;9-8+;2*8-7+/t2*16-;2*13-;12-/m00000/s1. The Morgan fingerprint density at radius 2 is 0.603 bits per heavy atom. The minimum atomic E-state index is -0.666. The maximum Gasteiger partial charge on any atom is 0.331 e. The van der Waals surface area contributed by atoms with Gasteiger partial charge in [-0.3, -0.25) is 24.0 Å². The van der Waals surface area contributed by atoms with E-state index in [-0.39, 0.29) is 165 Å². The van der Waals surface area contributed by atoms with E-state index in [1.54, 1.807) is 114 Å². The van der Waals surface area contributed by atoms with Crippen LogP contribution in [0.5, 0.6) is 0 Å². The fourth-order valence-electron chi connectivity index (χ4n) is 8.69. The molecule has 1 saturated carbocycles. The molecule has 0 unspecified atom stereocenters. The van der Waals surface area contributed by atoms with E-state index in [1.165, 1.54) is 6.42 Å². The minimum absolute atomic E-state index is 0.0125. The van der Waals surface area contributed by atoms with Crippen molar-refractivity contribution in [1.82, 2.24) is 26.6 Å². The van der Waals surface area contributed by atoms with Crippen LogP contribution < -0.4 is 26.6 Å². The van der Waals surface area contributed by atoms with E-state index >= 15 is 0 Å². The van der Waals surface area contributed by atoms with Crippen molar-refractivity contribution in [2.24, 2.45) is 46.8 Å². The van der Waals surface area contributed by atoms with Gasteiger partial charge in [0.15, 0.2) is 0 Å². The normalized spacial score (nSPS) is 13.6. The third-order valence-corrected chi connectivity index (χ3v) is 15.8. The molecule has 0 radical (unpaired) electrons. The van der Waals surface area contributed by atoms with Gasteiger partial charge in [0.2, 0.25) is 23.6 Å². The molecule has 0 heterocycles. The second-order valence-corrected chi connectivity index (χ2v) is 31.5. The molecule has 1 aliphatic rings. The maximum absolute atomic E-state index is 12.3. The average Bonchev–Trinajstić information content (AvgIpc) is 0.891. The molecular formula is C86H137N5O25. The zero-order valence-corrected chi connectivity index (χ0v) is 73.5. The van der Waals surface area contributed by atoms with Crippen LogP contribution in [0.1, 0.15) is 229 Å². The van der Waals surface area contributed by atoms with Crippen LogP contribution in [0.15, 0.2) is 91.1 Å². The number of amides is 5. The lowest BCUT2D eigenvalue weighted by Gasteiger charge is -2.26. The number of esters is 10. The lowest BCUT2D eigenvalue weighted by atomic mass is 9.88. The number of rotatable bonds is 39. The predicted molar refractivity (Wildman–Crippen MR) is 437 cm³/mol. The lowest BCUT2D eigenvalue weighted by Crippen LogP contribution is -2.46. The predicted octanol–water partition coefficient (Wildman–Crippen LogP) is 10.9. The van der Waals surface area contributed by atoms with Crippen LogP contribution in [-0.2, 0) is 114 Å². The van der Waals surface area contributed by atoms with Gasteiger partial charge in [-0.05, 0) is 124 Å². The zero-order chi connectivity index (χ0) is 89.5. The van der Waals surface area contributed by atoms with E-state index in [0.717, 1.165) is 86.4 Å². The van der Waals surface area contributed by atoms with Crippen LogP contribution in [-0.4, -0.2) is 183 Å². The number of hydrogen-bond donors (Lipinski definition) is 5. The topological polar surface area (TPSA) is 408 Å². The molecule has 0 aliphatic heterocycles. The van der Waals surface area contributed by atoms with Gasteiger partial charge in [-0.25, -0.2) is 47.9 Å². The first-order chi connectivity index (χ1) is 53.9. The molecule has 656 valence electrons. The first kappa shape index (κ1) is 110. The highest BCUT2D eigenvalue weighted by atomic mass is 16.6.